The van der Waals surface area contributed by atoms with E-state index in [1.807, 2.05) is 0 Å². The number of hydrogen-bond acceptors (Lipinski definition) is 4. The summed E-state index contributed by atoms with van der Waals surface area (Å²) in [5.41, 5.74) is 11.0. The van der Waals surface area contributed by atoms with Gasteiger partial charge in [-0.15, -0.1) is 0 Å². The second-order valence-corrected chi connectivity index (χ2v) is 2.95. The Morgan fingerprint density at radius 3 is 2.20 bits per heavy atom. The molecule has 0 aliphatic heterocycles. The molecule has 6 N–H and O–H groups in total. The standard InChI is InChI=1S/C6H14N2O2/c7-3-1-4(8)6(10)5(9)2-3/h3-6,9-10H,1-2,7-8H2. The summed E-state index contributed by atoms with van der Waals surface area (Å²) in [7, 11) is 0. The van der Waals surface area contributed by atoms with Gasteiger partial charge in [0.05, 0.1) is 12.2 Å². The molecule has 0 amide bonds. The molecule has 4 atom stereocenters. The van der Waals surface area contributed by atoms with Gasteiger partial charge in [-0.2, -0.15) is 0 Å². The Kier molecular flexibility index (Phi) is 2.25. The van der Waals surface area contributed by atoms with Crippen LogP contribution in [-0.2, 0) is 0 Å². The molecular formula is C6H14N2O2. The summed E-state index contributed by atoms with van der Waals surface area (Å²) in [6.07, 6.45) is -0.480. The highest BCUT2D eigenvalue weighted by atomic mass is 16.3. The normalized spacial score (nSPS) is 49.2. The van der Waals surface area contributed by atoms with Crippen LogP contribution in [0.25, 0.3) is 0 Å². The third kappa shape index (κ3) is 1.46. The van der Waals surface area contributed by atoms with Crippen molar-refractivity contribution in [2.24, 2.45) is 11.5 Å². The molecule has 0 spiro atoms. The Hall–Kier alpha value is -0.160. The van der Waals surface area contributed by atoms with E-state index in [1.165, 1.54) is 0 Å². The van der Waals surface area contributed by atoms with Crippen molar-refractivity contribution in [3.8, 4) is 0 Å². The van der Waals surface area contributed by atoms with Gasteiger partial charge in [0.1, 0.15) is 0 Å². The second-order valence-electron chi connectivity index (χ2n) is 2.95. The monoisotopic (exact) mass is 146 g/mol. The molecule has 60 valence electrons. The topological polar surface area (TPSA) is 92.5 Å². The Labute approximate surface area is 59.8 Å². The highest BCUT2D eigenvalue weighted by molar-refractivity contribution is 4.89. The van der Waals surface area contributed by atoms with Gasteiger partial charge < -0.3 is 21.7 Å². The first-order valence-corrected chi connectivity index (χ1v) is 3.48. The van der Waals surface area contributed by atoms with Crippen molar-refractivity contribution < 1.29 is 10.2 Å². The molecule has 0 aromatic rings. The minimum Gasteiger partial charge on any atom is -0.390 e. The molecule has 1 fully saturated rings. The van der Waals surface area contributed by atoms with Crippen LogP contribution in [0.2, 0.25) is 0 Å². The number of hydrogen-bond donors (Lipinski definition) is 4. The lowest BCUT2D eigenvalue weighted by atomic mass is 9.87. The number of aliphatic hydroxyl groups is 2. The Balaban J connectivity index is 2.49. The van der Waals surface area contributed by atoms with E-state index in [-0.39, 0.29) is 12.1 Å². The highest BCUT2D eigenvalue weighted by Crippen LogP contribution is 2.16. The van der Waals surface area contributed by atoms with Crippen LogP contribution >= 0.6 is 0 Å². The molecular weight excluding hydrogens is 132 g/mol. The smallest absolute Gasteiger partial charge is 0.0950 e. The molecule has 0 heterocycles. The Morgan fingerprint density at radius 1 is 1.10 bits per heavy atom. The first-order chi connectivity index (χ1) is 4.61. The largest absolute Gasteiger partial charge is 0.390 e. The quantitative estimate of drug-likeness (QED) is 0.323. The molecule has 0 saturated heterocycles. The van der Waals surface area contributed by atoms with Crippen LogP contribution in [0, 0.1) is 0 Å². The molecule has 0 bridgehead atoms. The van der Waals surface area contributed by atoms with Crippen LogP contribution in [0.1, 0.15) is 12.8 Å². The summed E-state index contributed by atoms with van der Waals surface area (Å²) in [5.74, 6) is 0. The van der Waals surface area contributed by atoms with Gasteiger partial charge in [0.15, 0.2) is 0 Å². The van der Waals surface area contributed by atoms with E-state index in [4.69, 9.17) is 21.7 Å². The molecule has 10 heavy (non-hydrogen) atoms. The van der Waals surface area contributed by atoms with Crippen molar-refractivity contribution in [3.63, 3.8) is 0 Å². The third-order valence-corrected chi connectivity index (χ3v) is 1.95. The van der Waals surface area contributed by atoms with Crippen LogP contribution in [0.4, 0.5) is 0 Å². The van der Waals surface area contributed by atoms with Crippen molar-refractivity contribution >= 4 is 0 Å². The maximum Gasteiger partial charge on any atom is 0.0950 e. The predicted molar refractivity (Wildman–Crippen MR) is 37.2 cm³/mol. The summed E-state index contributed by atoms with van der Waals surface area (Å²) in [6, 6.07) is -0.424. The Bertz CT molecular complexity index is 108. The first kappa shape index (κ1) is 7.94. The molecule has 0 aromatic carbocycles. The molecule has 0 aromatic heterocycles. The van der Waals surface area contributed by atoms with E-state index >= 15 is 0 Å². The lowest BCUT2D eigenvalue weighted by molar-refractivity contribution is -0.0259. The van der Waals surface area contributed by atoms with Crippen LogP contribution in [-0.4, -0.2) is 34.5 Å². The molecule has 4 nitrogen and oxygen atoms in total. The van der Waals surface area contributed by atoms with Gasteiger partial charge in [-0.25, -0.2) is 0 Å². The fourth-order valence-corrected chi connectivity index (χ4v) is 1.32. The lowest BCUT2D eigenvalue weighted by Crippen LogP contribution is -2.52. The fraction of sp³-hybridized carbons (Fsp3) is 1.00. The van der Waals surface area contributed by atoms with Gasteiger partial charge in [-0.05, 0) is 12.8 Å². The zero-order valence-electron chi connectivity index (χ0n) is 5.77. The Morgan fingerprint density at radius 2 is 1.70 bits per heavy atom. The van der Waals surface area contributed by atoms with E-state index in [9.17, 15) is 0 Å². The zero-order valence-corrected chi connectivity index (χ0v) is 5.77. The average molecular weight is 146 g/mol. The minimum atomic E-state index is -0.792. The molecule has 1 rings (SSSR count). The van der Waals surface area contributed by atoms with Crippen molar-refractivity contribution in [1.29, 1.82) is 0 Å². The SMILES string of the molecule is NC1CC(N)C(O)C(O)C1. The van der Waals surface area contributed by atoms with E-state index < -0.39 is 12.2 Å². The van der Waals surface area contributed by atoms with E-state index in [0.717, 1.165) is 0 Å². The second kappa shape index (κ2) is 2.84. The van der Waals surface area contributed by atoms with Gasteiger partial charge in [-0.1, -0.05) is 0 Å². The van der Waals surface area contributed by atoms with Crippen molar-refractivity contribution in [3.05, 3.63) is 0 Å². The third-order valence-electron chi connectivity index (χ3n) is 1.95. The summed E-state index contributed by atoms with van der Waals surface area (Å²) in [6.45, 7) is 0. The number of aliphatic hydroxyl groups excluding tert-OH is 2. The first-order valence-electron chi connectivity index (χ1n) is 3.48. The molecule has 1 aliphatic carbocycles. The predicted octanol–water partition coefficient (Wildman–Crippen LogP) is -1.84. The van der Waals surface area contributed by atoms with Crippen molar-refractivity contribution in [1.82, 2.24) is 0 Å². The summed E-state index contributed by atoms with van der Waals surface area (Å²) >= 11 is 0. The van der Waals surface area contributed by atoms with Gasteiger partial charge >= 0.3 is 0 Å². The fourth-order valence-electron chi connectivity index (χ4n) is 1.32. The highest BCUT2D eigenvalue weighted by Gasteiger charge is 2.31. The maximum atomic E-state index is 9.13. The van der Waals surface area contributed by atoms with Crippen LogP contribution in [0.5, 0.6) is 0 Å². The summed E-state index contributed by atoms with van der Waals surface area (Å²) in [5, 5.41) is 18.2. The molecule has 0 radical (unpaired) electrons. The average Bonchev–Trinajstić information content (AvgIpc) is 1.82. The van der Waals surface area contributed by atoms with E-state index in [1.54, 1.807) is 0 Å². The van der Waals surface area contributed by atoms with E-state index in [2.05, 4.69) is 0 Å². The van der Waals surface area contributed by atoms with Gasteiger partial charge in [0.25, 0.3) is 0 Å². The van der Waals surface area contributed by atoms with Crippen LogP contribution < -0.4 is 11.5 Å². The molecule has 1 aliphatic rings. The van der Waals surface area contributed by atoms with Gasteiger partial charge in [0, 0.05) is 12.1 Å². The number of rotatable bonds is 0. The molecule has 1 saturated carbocycles. The van der Waals surface area contributed by atoms with E-state index in [0.29, 0.717) is 12.8 Å². The number of nitrogens with two attached hydrogens (primary N) is 2. The molecule has 4 heteroatoms. The van der Waals surface area contributed by atoms with Crippen LogP contribution in [0.3, 0.4) is 0 Å². The minimum absolute atomic E-state index is 0.0617. The van der Waals surface area contributed by atoms with Crippen molar-refractivity contribution in [2.45, 2.75) is 37.1 Å². The molecule has 4 unspecified atom stereocenters. The lowest BCUT2D eigenvalue weighted by Gasteiger charge is -2.32. The van der Waals surface area contributed by atoms with Gasteiger partial charge in [-0.3, -0.25) is 0 Å². The van der Waals surface area contributed by atoms with Gasteiger partial charge in [0.2, 0.25) is 0 Å². The summed E-state index contributed by atoms with van der Waals surface area (Å²) in [4.78, 5) is 0. The van der Waals surface area contributed by atoms with Crippen molar-refractivity contribution in [2.75, 3.05) is 0 Å². The maximum absolute atomic E-state index is 9.13. The summed E-state index contributed by atoms with van der Waals surface area (Å²) < 4.78 is 0. The van der Waals surface area contributed by atoms with Crippen LogP contribution in [0.15, 0.2) is 0 Å². The zero-order chi connectivity index (χ0) is 7.72.